The van der Waals surface area contributed by atoms with E-state index < -0.39 is 5.79 Å². The first-order valence-electron chi connectivity index (χ1n) is 8.39. The largest absolute Gasteiger partial charge is 0.425 e. The van der Waals surface area contributed by atoms with Gasteiger partial charge in [-0.15, -0.1) is 0 Å². The van der Waals surface area contributed by atoms with Crippen LogP contribution in [-0.2, 0) is 27.1 Å². The van der Waals surface area contributed by atoms with E-state index in [9.17, 15) is 4.79 Å². The lowest BCUT2D eigenvalue weighted by Crippen LogP contribution is -2.28. The lowest BCUT2D eigenvalue weighted by Gasteiger charge is -2.35. The first-order valence-corrected chi connectivity index (χ1v) is 8.39. The summed E-state index contributed by atoms with van der Waals surface area (Å²) in [7, 11) is 0. The Balaban J connectivity index is 1.96. The zero-order valence-electron chi connectivity index (χ0n) is 13.9. The third-order valence-electron chi connectivity index (χ3n) is 5.62. The molecule has 1 fully saturated rings. The minimum absolute atomic E-state index is 0.132. The Morgan fingerprint density at radius 3 is 2.77 bits per heavy atom. The lowest BCUT2D eigenvalue weighted by atomic mass is 9.69. The summed E-state index contributed by atoms with van der Waals surface area (Å²) in [6.07, 6.45) is 4.05. The van der Waals surface area contributed by atoms with Crippen LogP contribution in [0.5, 0.6) is 0 Å². The van der Waals surface area contributed by atoms with Crippen LogP contribution >= 0.6 is 0 Å². The number of ether oxygens (including phenoxy) is 2. The van der Waals surface area contributed by atoms with Gasteiger partial charge in [-0.25, -0.2) is 4.79 Å². The summed E-state index contributed by atoms with van der Waals surface area (Å²) in [6, 6.07) is 2.16. The van der Waals surface area contributed by atoms with Gasteiger partial charge in [-0.1, -0.05) is 20.8 Å². The van der Waals surface area contributed by atoms with Crippen molar-refractivity contribution in [2.75, 3.05) is 6.61 Å². The molecule has 0 saturated carbocycles. The second-order valence-electron chi connectivity index (χ2n) is 7.97. The Labute approximate surface area is 132 Å². The maximum Gasteiger partial charge on any atom is 0.341 e. The summed E-state index contributed by atoms with van der Waals surface area (Å²) >= 11 is 0. The van der Waals surface area contributed by atoms with Crippen molar-refractivity contribution in [1.29, 1.82) is 0 Å². The molecule has 1 aromatic rings. The van der Waals surface area contributed by atoms with Crippen LogP contribution in [0.2, 0.25) is 0 Å². The van der Waals surface area contributed by atoms with E-state index in [4.69, 9.17) is 9.47 Å². The molecule has 1 aliphatic carbocycles. The fraction of sp³-hybridized carbons (Fsp3) is 0.632. The lowest BCUT2D eigenvalue weighted by molar-refractivity contribution is -0.172. The van der Waals surface area contributed by atoms with Gasteiger partial charge in [0, 0.05) is 12.0 Å². The fourth-order valence-corrected chi connectivity index (χ4v) is 4.81. The molecule has 2 atom stereocenters. The molecule has 1 aromatic carbocycles. The number of carbonyl (C=O) groups excluding carboxylic acids is 1. The molecular formula is C19H24O3. The Morgan fingerprint density at radius 1 is 1.32 bits per heavy atom. The standard InChI is InChI=1S/C19H24O3/c1-11-9-19(21-10-11)14-8-12(2)16-13(15(14)17(20)22-19)6-5-7-18(16,3)4/h8,11H,5-7,9-10H2,1-4H3/t11?,19-/m0/s1. The number of hydrogen-bond acceptors (Lipinski definition) is 3. The van der Waals surface area contributed by atoms with Crippen LogP contribution in [0.15, 0.2) is 6.07 Å². The summed E-state index contributed by atoms with van der Waals surface area (Å²) in [6.45, 7) is 9.55. The van der Waals surface area contributed by atoms with Crippen molar-refractivity contribution in [1.82, 2.24) is 0 Å². The van der Waals surface area contributed by atoms with Crippen LogP contribution in [0, 0.1) is 12.8 Å². The molecule has 0 bridgehead atoms. The zero-order chi connectivity index (χ0) is 15.7. The predicted octanol–water partition coefficient (Wildman–Crippen LogP) is 3.99. The van der Waals surface area contributed by atoms with Gasteiger partial charge in [-0.05, 0) is 60.3 Å². The fourth-order valence-electron chi connectivity index (χ4n) is 4.81. The number of benzene rings is 1. The summed E-state index contributed by atoms with van der Waals surface area (Å²) in [5, 5.41) is 0. The summed E-state index contributed by atoms with van der Waals surface area (Å²) in [4.78, 5) is 12.6. The van der Waals surface area contributed by atoms with Crippen LogP contribution in [0.4, 0.5) is 0 Å². The Hall–Kier alpha value is -1.35. The van der Waals surface area contributed by atoms with Crippen LogP contribution in [0.25, 0.3) is 0 Å². The predicted molar refractivity (Wildman–Crippen MR) is 84.0 cm³/mol. The van der Waals surface area contributed by atoms with Gasteiger partial charge in [0.05, 0.1) is 12.2 Å². The normalized spacial score (nSPS) is 32.0. The Bertz CT molecular complexity index is 674. The molecule has 0 N–H and O–H groups in total. The van der Waals surface area contributed by atoms with E-state index in [0.29, 0.717) is 12.5 Å². The highest BCUT2D eigenvalue weighted by molar-refractivity contribution is 5.97. The molecule has 2 aliphatic heterocycles. The number of rotatable bonds is 0. The van der Waals surface area contributed by atoms with Crippen molar-refractivity contribution in [3.05, 3.63) is 33.9 Å². The minimum Gasteiger partial charge on any atom is -0.425 e. The highest BCUT2D eigenvalue weighted by Gasteiger charge is 2.53. The number of hydrogen-bond donors (Lipinski definition) is 0. The van der Waals surface area contributed by atoms with Crippen LogP contribution in [0.1, 0.15) is 72.6 Å². The smallest absolute Gasteiger partial charge is 0.341 e. The van der Waals surface area contributed by atoms with Gasteiger partial charge in [-0.2, -0.15) is 0 Å². The van der Waals surface area contributed by atoms with Crippen molar-refractivity contribution in [2.45, 2.75) is 64.6 Å². The van der Waals surface area contributed by atoms with E-state index in [1.807, 2.05) is 0 Å². The quantitative estimate of drug-likeness (QED) is 0.680. The van der Waals surface area contributed by atoms with Gasteiger partial charge in [-0.3, -0.25) is 0 Å². The molecule has 0 radical (unpaired) electrons. The van der Waals surface area contributed by atoms with Crippen molar-refractivity contribution in [3.63, 3.8) is 0 Å². The summed E-state index contributed by atoms with van der Waals surface area (Å²) < 4.78 is 11.7. The van der Waals surface area contributed by atoms with Crippen molar-refractivity contribution in [2.24, 2.45) is 5.92 Å². The van der Waals surface area contributed by atoms with Crippen molar-refractivity contribution >= 4 is 5.97 Å². The molecule has 3 heteroatoms. The number of fused-ring (bicyclic) bond motifs is 4. The van der Waals surface area contributed by atoms with Crippen LogP contribution in [-0.4, -0.2) is 12.6 Å². The summed E-state index contributed by atoms with van der Waals surface area (Å²) in [5.74, 6) is -0.572. The average molecular weight is 300 g/mol. The van der Waals surface area contributed by atoms with Crippen molar-refractivity contribution < 1.29 is 14.3 Å². The molecule has 3 aliphatic rings. The van der Waals surface area contributed by atoms with Crippen LogP contribution < -0.4 is 0 Å². The molecule has 22 heavy (non-hydrogen) atoms. The minimum atomic E-state index is -0.812. The first kappa shape index (κ1) is 14.3. The molecule has 1 saturated heterocycles. The monoisotopic (exact) mass is 300 g/mol. The van der Waals surface area contributed by atoms with Gasteiger partial charge < -0.3 is 9.47 Å². The van der Waals surface area contributed by atoms with Gasteiger partial charge in [0.25, 0.3) is 0 Å². The third-order valence-corrected chi connectivity index (χ3v) is 5.62. The average Bonchev–Trinajstić information content (AvgIpc) is 2.91. The van der Waals surface area contributed by atoms with E-state index in [-0.39, 0.29) is 11.4 Å². The third kappa shape index (κ3) is 1.75. The molecular weight excluding hydrogens is 276 g/mol. The molecule has 118 valence electrons. The van der Waals surface area contributed by atoms with Gasteiger partial charge in [0.15, 0.2) is 0 Å². The highest BCUT2D eigenvalue weighted by Crippen LogP contribution is 2.51. The Morgan fingerprint density at radius 2 is 2.09 bits per heavy atom. The highest BCUT2D eigenvalue weighted by atomic mass is 16.7. The summed E-state index contributed by atoms with van der Waals surface area (Å²) in [5.41, 5.74) is 5.78. The first-order chi connectivity index (χ1) is 10.3. The number of carbonyl (C=O) groups is 1. The topological polar surface area (TPSA) is 35.5 Å². The molecule has 0 amide bonds. The molecule has 1 unspecified atom stereocenters. The molecule has 1 spiro atoms. The van der Waals surface area contributed by atoms with E-state index in [1.54, 1.807) is 0 Å². The van der Waals surface area contributed by atoms with Crippen LogP contribution in [0.3, 0.4) is 0 Å². The van der Waals surface area contributed by atoms with E-state index in [0.717, 1.165) is 30.4 Å². The zero-order valence-corrected chi connectivity index (χ0v) is 13.9. The molecule has 4 rings (SSSR count). The second-order valence-corrected chi connectivity index (χ2v) is 7.97. The van der Waals surface area contributed by atoms with Gasteiger partial charge in [0.2, 0.25) is 5.79 Å². The van der Waals surface area contributed by atoms with E-state index in [1.165, 1.54) is 23.1 Å². The second kappa shape index (κ2) is 4.35. The Kier molecular flexibility index (Phi) is 2.82. The van der Waals surface area contributed by atoms with E-state index >= 15 is 0 Å². The molecule has 0 aromatic heterocycles. The number of aryl methyl sites for hydroxylation is 1. The maximum atomic E-state index is 12.6. The van der Waals surface area contributed by atoms with Crippen molar-refractivity contribution in [3.8, 4) is 0 Å². The molecule has 3 nitrogen and oxygen atoms in total. The SMILES string of the molecule is Cc1cc2c(c3c1C(C)(C)CCC3)C(=O)O[C@@]21CC(C)CO1. The van der Waals surface area contributed by atoms with Gasteiger partial charge >= 0.3 is 5.97 Å². The van der Waals surface area contributed by atoms with E-state index in [2.05, 4.69) is 33.8 Å². The number of esters is 1. The maximum absolute atomic E-state index is 12.6. The molecule has 2 heterocycles. The van der Waals surface area contributed by atoms with Gasteiger partial charge in [0.1, 0.15) is 0 Å².